The van der Waals surface area contributed by atoms with Crippen molar-refractivity contribution in [1.82, 2.24) is 0 Å². The standard InChI is InChI=1S/C17H19NO2S/c1-4-13-18(17-8-6-5-7-15(17)3)21(19,20)16-11-9-14(2)10-12-16/h4-12H,1,13H2,2-3H3. The van der Waals surface area contributed by atoms with Gasteiger partial charge in [0.05, 0.1) is 17.1 Å². The van der Waals surface area contributed by atoms with Crippen LogP contribution in [-0.2, 0) is 10.0 Å². The third-order valence-corrected chi connectivity index (χ3v) is 5.08. The summed E-state index contributed by atoms with van der Waals surface area (Å²) in [6, 6.07) is 14.3. The first-order chi connectivity index (χ1) is 9.96. The average Bonchev–Trinajstić information content (AvgIpc) is 2.46. The summed E-state index contributed by atoms with van der Waals surface area (Å²) in [5.41, 5.74) is 2.62. The van der Waals surface area contributed by atoms with Crippen LogP contribution in [0.1, 0.15) is 11.1 Å². The largest absolute Gasteiger partial charge is 0.264 e. The Bertz CT molecular complexity index is 734. The molecule has 0 saturated carbocycles. The van der Waals surface area contributed by atoms with Crippen molar-refractivity contribution in [2.75, 3.05) is 10.8 Å². The molecule has 0 aromatic heterocycles. The van der Waals surface area contributed by atoms with Crippen LogP contribution in [0.3, 0.4) is 0 Å². The van der Waals surface area contributed by atoms with E-state index in [1.807, 2.05) is 38.1 Å². The Hall–Kier alpha value is -2.07. The predicted molar refractivity (Wildman–Crippen MR) is 87.1 cm³/mol. The third kappa shape index (κ3) is 3.16. The van der Waals surface area contributed by atoms with Gasteiger partial charge in [-0.1, -0.05) is 42.0 Å². The highest BCUT2D eigenvalue weighted by Crippen LogP contribution is 2.26. The zero-order valence-corrected chi connectivity index (χ0v) is 13.1. The lowest BCUT2D eigenvalue weighted by molar-refractivity contribution is 0.592. The lowest BCUT2D eigenvalue weighted by Crippen LogP contribution is -2.31. The zero-order valence-electron chi connectivity index (χ0n) is 12.3. The minimum absolute atomic E-state index is 0.237. The van der Waals surface area contributed by atoms with Crippen LogP contribution in [0.2, 0.25) is 0 Å². The Kier molecular flexibility index (Phi) is 4.48. The Balaban J connectivity index is 2.54. The molecule has 2 aromatic rings. The summed E-state index contributed by atoms with van der Waals surface area (Å²) in [7, 11) is -3.59. The van der Waals surface area contributed by atoms with Crippen LogP contribution in [0.15, 0.2) is 66.1 Å². The molecule has 21 heavy (non-hydrogen) atoms. The van der Waals surface area contributed by atoms with Crippen molar-refractivity contribution in [3.05, 3.63) is 72.3 Å². The Morgan fingerprint density at radius 3 is 2.24 bits per heavy atom. The van der Waals surface area contributed by atoms with E-state index in [4.69, 9.17) is 0 Å². The molecule has 0 atom stereocenters. The van der Waals surface area contributed by atoms with E-state index in [0.717, 1.165) is 11.1 Å². The van der Waals surface area contributed by atoms with Gasteiger partial charge in [-0.05, 0) is 37.6 Å². The van der Waals surface area contributed by atoms with Gasteiger partial charge in [0.2, 0.25) is 0 Å². The van der Waals surface area contributed by atoms with Gasteiger partial charge in [-0.2, -0.15) is 0 Å². The van der Waals surface area contributed by atoms with E-state index in [0.29, 0.717) is 10.6 Å². The Labute approximate surface area is 126 Å². The first kappa shape index (κ1) is 15.3. The maximum absolute atomic E-state index is 12.9. The topological polar surface area (TPSA) is 37.4 Å². The van der Waals surface area contributed by atoms with Crippen LogP contribution in [0.5, 0.6) is 0 Å². The maximum atomic E-state index is 12.9. The second-order valence-corrected chi connectivity index (χ2v) is 6.79. The second kappa shape index (κ2) is 6.14. The van der Waals surface area contributed by atoms with E-state index < -0.39 is 10.0 Å². The van der Waals surface area contributed by atoms with Gasteiger partial charge in [-0.3, -0.25) is 4.31 Å². The van der Waals surface area contributed by atoms with Crippen molar-refractivity contribution in [1.29, 1.82) is 0 Å². The van der Waals surface area contributed by atoms with Gasteiger partial charge in [0, 0.05) is 0 Å². The fraction of sp³-hybridized carbons (Fsp3) is 0.176. The van der Waals surface area contributed by atoms with Crippen LogP contribution in [0.4, 0.5) is 5.69 Å². The van der Waals surface area contributed by atoms with Crippen LogP contribution in [0, 0.1) is 13.8 Å². The van der Waals surface area contributed by atoms with Crippen molar-refractivity contribution in [2.45, 2.75) is 18.7 Å². The van der Waals surface area contributed by atoms with Gasteiger partial charge in [-0.15, -0.1) is 6.58 Å². The SMILES string of the molecule is C=CCN(c1ccccc1C)S(=O)(=O)c1ccc(C)cc1. The molecule has 0 bridgehead atoms. The van der Waals surface area contributed by atoms with Crippen molar-refractivity contribution in [3.63, 3.8) is 0 Å². The number of aryl methyl sites for hydroxylation is 2. The number of benzene rings is 2. The monoisotopic (exact) mass is 301 g/mol. The number of anilines is 1. The smallest absolute Gasteiger partial charge is 0.262 e. The molecule has 3 nitrogen and oxygen atoms in total. The van der Waals surface area contributed by atoms with Crippen molar-refractivity contribution in [2.24, 2.45) is 0 Å². The van der Waals surface area contributed by atoms with Crippen LogP contribution in [0.25, 0.3) is 0 Å². The Morgan fingerprint density at radius 2 is 1.67 bits per heavy atom. The van der Waals surface area contributed by atoms with Gasteiger partial charge in [0.15, 0.2) is 0 Å². The van der Waals surface area contributed by atoms with Gasteiger partial charge in [0.1, 0.15) is 0 Å². The molecular weight excluding hydrogens is 282 g/mol. The highest BCUT2D eigenvalue weighted by molar-refractivity contribution is 7.92. The molecule has 110 valence electrons. The average molecular weight is 301 g/mol. The van der Waals surface area contributed by atoms with E-state index in [1.54, 1.807) is 30.3 Å². The van der Waals surface area contributed by atoms with Crippen molar-refractivity contribution in [3.8, 4) is 0 Å². The van der Waals surface area contributed by atoms with E-state index in [2.05, 4.69) is 6.58 Å². The summed E-state index contributed by atoms with van der Waals surface area (Å²) < 4.78 is 27.1. The highest BCUT2D eigenvalue weighted by atomic mass is 32.2. The van der Waals surface area contributed by atoms with Crippen LogP contribution >= 0.6 is 0 Å². The molecule has 0 amide bonds. The summed E-state index contributed by atoms with van der Waals surface area (Å²) in [4.78, 5) is 0.290. The molecule has 0 unspecified atom stereocenters. The number of para-hydroxylation sites is 1. The van der Waals surface area contributed by atoms with Crippen LogP contribution < -0.4 is 4.31 Å². The number of rotatable bonds is 5. The lowest BCUT2D eigenvalue weighted by Gasteiger charge is -2.24. The van der Waals surface area contributed by atoms with Crippen molar-refractivity contribution < 1.29 is 8.42 Å². The van der Waals surface area contributed by atoms with Crippen LogP contribution in [-0.4, -0.2) is 15.0 Å². The molecule has 0 N–H and O–H groups in total. The maximum Gasteiger partial charge on any atom is 0.264 e. The van der Waals surface area contributed by atoms with Gasteiger partial charge < -0.3 is 0 Å². The van der Waals surface area contributed by atoms with E-state index in [1.165, 1.54) is 4.31 Å². The number of sulfonamides is 1. The molecule has 0 radical (unpaired) electrons. The minimum atomic E-state index is -3.59. The second-order valence-electron chi connectivity index (χ2n) is 4.92. The summed E-state index contributed by atoms with van der Waals surface area (Å²) in [5.74, 6) is 0. The third-order valence-electron chi connectivity index (χ3n) is 3.29. The predicted octanol–water partition coefficient (Wildman–Crippen LogP) is 3.68. The molecule has 0 aliphatic heterocycles. The van der Waals surface area contributed by atoms with Gasteiger partial charge >= 0.3 is 0 Å². The lowest BCUT2D eigenvalue weighted by atomic mass is 10.2. The van der Waals surface area contributed by atoms with Gasteiger partial charge in [0.25, 0.3) is 10.0 Å². The molecular formula is C17H19NO2S. The number of nitrogens with zero attached hydrogens (tertiary/aromatic N) is 1. The molecule has 4 heteroatoms. The molecule has 2 rings (SSSR count). The van der Waals surface area contributed by atoms with E-state index >= 15 is 0 Å². The quantitative estimate of drug-likeness (QED) is 0.790. The first-order valence-corrected chi connectivity index (χ1v) is 8.17. The summed E-state index contributed by atoms with van der Waals surface area (Å²) in [6.45, 7) is 7.74. The fourth-order valence-corrected chi connectivity index (χ4v) is 3.62. The highest BCUT2D eigenvalue weighted by Gasteiger charge is 2.24. The molecule has 0 spiro atoms. The molecule has 0 heterocycles. The zero-order chi connectivity index (χ0) is 15.5. The Morgan fingerprint density at radius 1 is 1.05 bits per heavy atom. The van der Waals surface area contributed by atoms with Crippen molar-refractivity contribution >= 4 is 15.7 Å². The fourth-order valence-electron chi connectivity index (χ4n) is 2.12. The summed E-state index contributed by atoms with van der Waals surface area (Å²) in [5, 5.41) is 0. The molecule has 0 aliphatic rings. The normalized spacial score (nSPS) is 11.1. The first-order valence-electron chi connectivity index (χ1n) is 6.73. The summed E-state index contributed by atoms with van der Waals surface area (Å²) in [6.07, 6.45) is 1.60. The van der Waals surface area contributed by atoms with E-state index in [-0.39, 0.29) is 6.54 Å². The molecule has 0 aliphatic carbocycles. The number of hydrogen-bond donors (Lipinski definition) is 0. The molecule has 0 fully saturated rings. The molecule has 2 aromatic carbocycles. The number of hydrogen-bond acceptors (Lipinski definition) is 2. The summed E-state index contributed by atoms with van der Waals surface area (Å²) >= 11 is 0. The van der Waals surface area contributed by atoms with Gasteiger partial charge in [-0.25, -0.2) is 8.42 Å². The van der Waals surface area contributed by atoms with E-state index in [9.17, 15) is 8.42 Å². The minimum Gasteiger partial charge on any atom is -0.262 e. The molecule has 0 saturated heterocycles.